The number of hydrogen-bond donors (Lipinski definition) is 2. The Kier molecular flexibility index (Phi) is 4.93. The molecule has 0 spiro atoms. The minimum atomic E-state index is -0.373. The summed E-state index contributed by atoms with van der Waals surface area (Å²) in [4.78, 5) is 11.5. The SMILES string of the molecule is Cc1ccc(O)c(/C=N\NC(=O)COc2ccccc2)c1. The number of carbonyl (C=O) groups excluding carboxylic acids is 1. The molecule has 5 heteroatoms. The van der Waals surface area contributed by atoms with E-state index in [4.69, 9.17) is 4.74 Å². The van der Waals surface area contributed by atoms with Crippen molar-refractivity contribution in [2.24, 2.45) is 5.10 Å². The normalized spacial score (nSPS) is 10.5. The maximum Gasteiger partial charge on any atom is 0.277 e. The van der Waals surface area contributed by atoms with Gasteiger partial charge < -0.3 is 9.84 Å². The Labute approximate surface area is 122 Å². The zero-order chi connectivity index (χ0) is 15.1. The van der Waals surface area contributed by atoms with Crippen LogP contribution in [-0.2, 0) is 4.79 Å². The Morgan fingerprint density at radius 1 is 1.29 bits per heavy atom. The Balaban J connectivity index is 1.83. The quantitative estimate of drug-likeness (QED) is 0.653. The molecular weight excluding hydrogens is 268 g/mol. The summed E-state index contributed by atoms with van der Waals surface area (Å²) >= 11 is 0. The number of amides is 1. The summed E-state index contributed by atoms with van der Waals surface area (Å²) in [6, 6.07) is 14.2. The topological polar surface area (TPSA) is 70.9 Å². The van der Waals surface area contributed by atoms with E-state index < -0.39 is 0 Å². The molecule has 1 amide bonds. The van der Waals surface area contributed by atoms with E-state index >= 15 is 0 Å². The number of hydrazone groups is 1. The third-order valence-electron chi connectivity index (χ3n) is 2.69. The van der Waals surface area contributed by atoms with Gasteiger partial charge >= 0.3 is 0 Å². The van der Waals surface area contributed by atoms with Crippen molar-refractivity contribution in [2.45, 2.75) is 6.92 Å². The van der Waals surface area contributed by atoms with Gasteiger partial charge in [0.15, 0.2) is 6.61 Å². The molecule has 0 aliphatic carbocycles. The van der Waals surface area contributed by atoms with E-state index in [0.717, 1.165) is 5.56 Å². The highest BCUT2D eigenvalue weighted by Crippen LogP contribution is 2.15. The monoisotopic (exact) mass is 284 g/mol. The molecule has 0 aliphatic rings. The molecule has 0 aromatic heterocycles. The van der Waals surface area contributed by atoms with E-state index in [1.165, 1.54) is 6.21 Å². The van der Waals surface area contributed by atoms with Crippen LogP contribution in [0, 0.1) is 6.92 Å². The highest BCUT2D eigenvalue weighted by molar-refractivity contribution is 5.85. The van der Waals surface area contributed by atoms with Gasteiger partial charge in [0.25, 0.3) is 5.91 Å². The highest BCUT2D eigenvalue weighted by Gasteiger charge is 2.01. The summed E-state index contributed by atoms with van der Waals surface area (Å²) in [5.74, 6) is 0.356. The molecule has 108 valence electrons. The van der Waals surface area contributed by atoms with Crippen LogP contribution in [-0.4, -0.2) is 23.8 Å². The first kappa shape index (κ1) is 14.6. The Morgan fingerprint density at radius 3 is 2.81 bits per heavy atom. The maximum atomic E-state index is 11.5. The molecule has 0 unspecified atom stereocenters. The molecule has 0 saturated carbocycles. The van der Waals surface area contributed by atoms with E-state index in [9.17, 15) is 9.90 Å². The molecule has 0 bridgehead atoms. The fourth-order valence-corrected chi connectivity index (χ4v) is 1.65. The Morgan fingerprint density at radius 2 is 2.05 bits per heavy atom. The molecule has 2 aromatic rings. The molecule has 5 nitrogen and oxygen atoms in total. The fraction of sp³-hybridized carbons (Fsp3) is 0.125. The lowest BCUT2D eigenvalue weighted by molar-refractivity contribution is -0.123. The number of phenolic OH excluding ortho intramolecular Hbond substituents is 1. The summed E-state index contributed by atoms with van der Waals surface area (Å²) in [7, 11) is 0. The van der Waals surface area contributed by atoms with Crippen LogP contribution in [0.5, 0.6) is 11.5 Å². The van der Waals surface area contributed by atoms with Crippen LogP contribution in [0.2, 0.25) is 0 Å². The summed E-state index contributed by atoms with van der Waals surface area (Å²) in [5.41, 5.74) is 3.88. The molecule has 0 aliphatic heterocycles. The maximum absolute atomic E-state index is 11.5. The largest absolute Gasteiger partial charge is 0.507 e. The van der Waals surface area contributed by atoms with Crippen LogP contribution in [0.1, 0.15) is 11.1 Å². The van der Waals surface area contributed by atoms with Gasteiger partial charge in [-0.2, -0.15) is 5.10 Å². The van der Waals surface area contributed by atoms with Crippen molar-refractivity contribution in [1.82, 2.24) is 5.43 Å². The van der Waals surface area contributed by atoms with Gasteiger partial charge in [-0.1, -0.05) is 29.8 Å². The summed E-state index contributed by atoms with van der Waals surface area (Å²) in [6.07, 6.45) is 1.39. The lowest BCUT2D eigenvalue weighted by atomic mass is 10.1. The predicted molar refractivity (Wildman–Crippen MR) is 80.5 cm³/mol. The number of nitrogens with zero attached hydrogens (tertiary/aromatic N) is 1. The second-order valence-electron chi connectivity index (χ2n) is 4.46. The number of aromatic hydroxyl groups is 1. The molecule has 0 saturated heterocycles. The molecule has 0 heterocycles. The van der Waals surface area contributed by atoms with Gasteiger partial charge in [0.1, 0.15) is 11.5 Å². The van der Waals surface area contributed by atoms with Crippen LogP contribution >= 0.6 is 0 Å². The van der Waals surface area contributed by atoms with Crippen LogP contribution in [0.4, 0.5) is 0 Å². The van der Waals surface area contributed by atoms with Crippen LogP contribution in [0.15, 0.2) is 53.6 Å². The third-order valence-corrected chi connectivity index (χ3v) is 2.69. The van der Waals surface area contributed by atoms with Crippen LogP contribution < -0.4 is 10.2 Å². The smallest absolute Gasteiger partial charge is 0.277 e. The van der Waals surface area contributed by atoms with Gasteiger partial charge in [-0.15, -0.1) is 0 Å². The summed E-state index contributed by atoms with van der Waals surface area (Å²) in [6.45, 7) is 1.78. The van der Waals surface area contributed by atoms with Gasteiger partial charge in [0.05, 0.1) is 6.21 Å². The molecule has 21 heavy (non-hydrogen) atoms. The molecule has 2 N–H and O–H groups in total. The van der Waals surface area contributed by atoms with Gasteiger partial charge in [-0.3, -0.25) is 4.79 Å². The summed E-state index contributed by atoms with van der Waals surface area (Å²) in [5, 5.41) is 13.4. The van der Waals surface area contributed by atoms with Gasteiger partial charge in [-0.25, -0.2) is 5.43 Å². The van der Waals surface area contributed by atoms with Gasteiger partial charge in [0.2, 0.25) is 0 Å². The number of ether oxygens (including phenoxy) is 1. The van der Waals surface area contributed by atoms with Crippen molar-refractivity contribution >= 4 is 12.1 Å². The first-order chi connectivity index (χ1) is 10.1. The average Bonchev–Trinajstić information content (AvgIpc) is 2.50. The predicted octanol–water partition coefficient (Wildman–Crippen LogP) is 2.23. The Bertz CT molecular complexity index is 639. The first-order valence-corrected chi connectivity index (χ1v) is 6.44. The van der Waals surface area contributed by atoms with Crippen molar-refractivity contribution < 1.29 is 14.6 Å². The number of nitrogens with one attached hydrogen (secondary N) is 1. The third kappa shape index (κ3) is 4.65. The van der Waals surface area contributed by atoms with E-state index in [0.29, 0.717) is 11.3 Å². The minimum Gasteiger partial charge on any atom is -0.507 e. The first-order valence-electron chi connectivity index (χ1n) is 6.44. The van der Waals surface area contributed by atoms with Gasteiger partial charge in [0, 0.05) is 5.56 Å². The number of rotatable bonds is 5. The fourth-order valence-electron chi connectivity index (χ4n) is 1.65. The molecular formula is C16H16N2O3. The van der Waals surface area contributed by atoms with Crippen LogP contribution in [0.3, 0.4) is 0 Å². The van der Waals surface area contributed by atoms with Crippen molar-refractivity contribution in [1.29, 1.82) is 0 Å². The molecule has 2 aromatic carbocycles. The number of benzene rings is 2. The minimum absolute atomic E-state index is 0.110. The number of carbonyl (C=O) groups is 1. The average molecular weight is 284 g/mol. The van der Waals surface area contributed by atoms with E-state index in [-0.39, 0.29) is 18.3 Å². The molecule has 0 fully saturated rings. The van der Waals surface area contributed by atoms with Crippen molar-refractivity contribution in [3.8, 4) is 11.5 Å². The zero-order valence-electron chi connectivity index (χ0n) is 11.6. The molecule has 2 rings (SSSR count). The van der Waals surface area contributed by atoms with Crippen LogP contribution in [0.25, 0.3) is 0 Å². The van der Waals surface area contributed by atoms with Gasteiger partial charge in [-0.05, 0) is 31.2 Å². The van der Waals surface area contributed by atoms with Crippen molar-refractivity contribution in [2.75, 3.05) is 6.61 Å². The Hall–Kier alpha value is -2.82. The molecule has 0 atom stereocenters. The summed E-state index contributed by atoms with van der Waals surface area (Å²) < 4.78 is 5.28. The number of para-hydroxylation sites is 1. The number of aryl methyl sites for hydroxylation is 1. The van der Waals surface area contributed by atoms with E-state index in [2.05, 4.69) is 10.5 Å². The lowest BCUT2D eigenvalue weighted by Gasteiger charge is -2.04. The van der Waals surface area contributed by atoms with Crippen molar-refractivity contribution in [3.63, 3.8) is 0 Å². The second-order valence-corrected chi connectivity index (χ2v) is 4.46. The zero-order valence-corrected chi connectivity index (χ0v) is 11.6. The standard InChI is InChI=1S/C16H16N2O3/c1-12-7-8-15(19)13(9-12)10-17-18-16(20)11-21-14-5-3-2-4-6-14/h2-10,19H,11H2,1H3,(H,18,20)/b17-10-. The lowest BCUT2D eigenvalue weighted by Crippen LogP contribution is -2.24. The molecule has 0 radical (unpaired) electrons. The second kappa shape index (κ2) is 7.09. The highest BCUT2D eigenvalue weighted by atomic mass is 16.5. The van der Waals surface area contributed by atoms with Crippen molar-refractivity contribution in [3.05, 3.63) is 59.7 Å². The number of phenols is 1. The van der Waals surface area contributed by atoms with E-state index in [1.54, 1.807) is 30.3 Å². The van der Waals surface area contributed by atoms with E-state index in [1.807, 2.05) is 25.1 Å². The number of hydrogen-bond acceptors (Lipinski definition) is 4.